The number of morpholine rings is 1. The zero-order valence-electron chi connectivity index (χ0n) is 17.9. The number of carbonyl (C=O) groups is 1. The predicted molar refractivity (Wildman–Crippen MR) is 124 cm³/mol. The number of hydrogen-bond donors (Lipinski definition) is 1. The molecule has 4 heterocycles. The third-order valence-corrected chi connectivity index (χ3v) is 5.56. The fourth-order valence-corrected chi connectivity index (χ4v) is 3.86. The number of ether oxygens (including phenoxy) is 1. The van der Waals surface area contributed by atoms with Crippen molar-refractivity contribution in [2.45, 2.75) is 13.5 Å². The zero-order valence-corrected chi connectivity index (χ0v) is 17.9. The monoisotopic (exact) mass is 428 g/mol. The maximum atomic E-state index is 13.3. The maximum absolute atomic E-state index is 13.3. The Labute approximate surface area is 185 Å². The van der Waals surface area contributed by atoms with Gasteiger partial charge < -0.3 is 15.0 Å². The molecule has 1 aliphatic rings. The molecule has 3 aromatic heterocycles. The molecule has 0 aliphatic carbocycles. The molecule has 1 amide bonds. The Morgan fingerprint density at radius 1 is 1.09 bits per heavy atom. The van der Waals surface area contributed by atoms with Crippen LogP contribution in [0.2, 0.25) is 0 Å². The minimum atomic E-state index is -0.217. The number of benzene rings is 1. The standard InChI is InChI=1S/C24H24N6O2/c1-2-30-23-20(16-26-30)19(14-21(28-23)17-6-4-3-5-7-17)24(31)27-18-8-9-22(25-15-18)29-10-12-32-13-11-29/h3-9,14-16H,2,10-13H2,1H3,(H,27,31). The van der Waals surface area contributed by atoms with Gasteiger partial charge in [-0.3, -0.25) is 4.79 Å². The largest absolute Gasteiger partial charge is 0.378 e. The van der Waals surface area contributed by atoms with E-state index < -0.39 is 0 Å². The van der Waals surface area contributed by atoms with Crippen LogP contribution in [-0.4, -0.2) is 52.0 Å². The number of rotatable bonds is 5. The van der Waals surface area contributed by atoms with Crippen molar-refractivity contribution in [1.82, 2.24) is 19.7 Å². The fraction of sp³-hybridized carbons (Fsp3) is 0.250. The number of nitrogens with one attached hydrogen (secondary N) is 1. The van der Waals surface area contributed by atoms with Gasteiger partial charge in [0, 0.05) is 25.2 Å². The van der Waals surface area contributed by atoms with Crippen molar-refractivity contribution in [1.29, 1.82) is 0 Å². The molecule has 0 saturated carbocycles. The molecule has 8 nitrogen and oxygen atoms in total. The van der Waals surface area contributed by atoms with E-state index in [4.69, 9.17) is 9.72 Å². The van der Waals surface area contributed by atoms with Crippen LogP contribution in [0.4, 0.5) is 11.5 Å². The lowest BCUT2D eigenvalue weighted by Gasteiger charge is -2.27. The van der Waals surface area contributed by atoms with Gasteiger partial charge in [0.25, 0.3) is 5.91 Å². The van der Waals surface area contributed by atoms with E-state index in [0.29, 0.717) is 36.7 Å². The van der Waals surface area contributed by atoms with E-state index >= 15 is 0 Å². The summed E-state index contributed by atoms with van der Waals surface area (Å²) in [4.78, 5) is 24.7. The lowest BCUT2D eigenvalue weighted by molar-refractivity contribution is 0.102. The summed E-state index contributed by atoms with van der Waals surface area (Å²) >= 11 is 0. The van der Waals surface area contributed by atoms with Gasteiger partial charge >= 0.3 is 0 Å². The van der Waals surface area contributed by atoms with Crippen LogP contribution in [0.25, 0.3) is 22.3 Å². The molecular formula is C24H24N6O2. The second-order valence-corrected chi connectivity index (χ2v) is 7.58. The molecule has 0 bridgehead atoms. The molecule has 1 saturated heterocycles. The maximum Gasteiger partial charge on any atom is 0.256 e. The van der Waals surface area contributed by atoms with Gasteiger partial charge in [0.05, 0.1) is 47.9 Å². The van der Waals surface area contributed by atoms with Crippen molar-refractivity contribution in [3.8, 4) is 11.3 Å². The Balaban J connectivity index is 1.45. The molecule has 5 rings (SSSR count). The van der Waals surface area contributed by atoms with Crippen LogP contribution in [0.1, 0.15) is 17.3 Å². The molecule has 162 valence electrons. The van der Waals surface area contributed by atoms with Crippen molar-refractivity contribution < 1.29 is 9.53 Å². The van der Waals surface area contributed by atoms with Gasteiger partial charge in [-0.1, -0.05) is 30.3 Å². The molecule has 0 unspecified atom stereocenters. The summed E-state index contributed by atoms with van der Waals surface area (Å²) in [6, 6.07) is 15.5. The van der Waals surface area contributed by atoms with Gasteiger partial charge in [-0.05, 0) is 25.1 Å². The predicted octanol–water partition coefficient (Wildman–Crippen LogP) is 3.60. The number of carbonyl (C=O) groups excluding carboxylic acids is 1. The summed E-state index contributed by atoms with van der Waals surface area (Å²) in [6.45, 7) is 5.71. The van der Waals surface area contributed by atoms with Crippen LogP contribution in [-0.2, 0) is 11.3 Å². The summed E-state index contributed by atoms with van der Waals surface area (Å²) in [6.07, 6.45) is 3.39. The van der Waals surface area contributed by atoms with Gasteiger partial charge in [-0.2, -0.15) is 5.10 Å². The Bertz CT molecular complexity index is 1230. The SMILES string of the molecule is CCn1ncc2c(C(=O)Nc3ccc(N4CCOCC4)nc3)cc(-c3ccccc3)nc21. The van der Waals surface area contributed by atoms with E-state index in [1.165, 1.54) is 0 Å². The number of aromatic nitrogens is 4. The molecule has 1 fully saturated rings. The van der Waals surface area contributed by atoms with Gasteiger partial charge in [-0.15, -0.1) is 0 Å². The molecule has 32 heavy (non-hydrogen) atoms. The normalized spacial score (nSPS) is 14.0. The van der Waals surface area contributed by atoms with Gasteiger partial charge in [0.2, 0.25) is 0 Å². The quantitative estimate of drug-likeness (QED) is 0.523. The van der Waals surface area contributed by atoms with E-state index in [9.17, 15) is 4.79 Å². The summed E-state index contributed by atoms with van der Waals surface area (Å²) < 4.78 is 7.20. The average Bonchev–Trinajstić information content (AvgIpc) is 3.28. The van der Waals surface area contributed by atoms with Crippen molar-refractivity contribution in [2.75, 3.05) is 36.5 Å². The summed E-state index contributed by atoms with van der Waals surface area (Å²) in [5.41, 5.74) is 3.55. The van der Waals surface area contributed by atoms with Crippen LogP contribution < -0.4 is 10.2 Å². The highest BCUT2D eigenvalue weighted by atomic mass is 16.5. The van der Waals surface area contributed by atoms with Crippen molar-refractivity contribution in [2.24, 2.45) is 0 Å². The van der Waals surface area contributed by atoms with Crippen molar-refractivity contribution in [3.63, 3.8) is 0 Å². The highest BCUT2D eigenvalue weighted by Gasteiger charge is 2.18. The topological polar surface area (TPSA) is 85.2 Å². The van der Waals surface area contributed by atoms with Crippen LogP contribution in [0.3, 0.4) is 0 Å². The molecule has 0 spiro atoms. The van der Waals surface area contributed by atoms with E-state index in [-0.39, 0.29) is 5.91 Å². The number of nitrogens with zero attached hydrogens (tertiary/aromatic N) is 5. The molecule has 0 radical (unpaired) electrons. The summed E-state index contributed by atoms with van der Waals surface area (Å²) in [5.74, 6) is 0.666. The van der Waals surface area contributed by atoms with E-state index in [2.05, 4.69) is 20.3 Å². The molecule has 1 aliphatic heterocycles. The van der Waals surface area contributed by atoms with E-state index in [0.717, 1.165) is 35.6 Å². The lowest BCUT2D eigenvalue weighted by atomic mass is 10.1. The second kappa shape index (κ2) is 8.76. The minimum Gasteiger partial charge on any atom is -0.378 e. The Kier molecular flexibility index (Phi) is 5.51. The first-order valence-corrected chi connectivity index (χ1v) is 10.7. The van der Waals surface area contributed by atoms with E-state index in [1.807, 2.05) is 55.5 Å². The highest BCUT2D eigenvalue weighted by molar-refractivity contribution is 6.12. The average molecular weight is 428 g/mol. The number of amides is 1. The Morgan fingerprint density at radius 3 is 2.62 bits per heavy atom. The number of anilines is 2. The number of fused-ring (bicyclic) bond motifs is 1. The molecule has 4 aromatic rings. The molecule has 8 heteroatoms. The number of aryl methyl sites for hydroxylation is 1. The second-order valence-electron chi connectivity index (χ2n) is 7.58. The van der Waals surface area contributed by atoms with Crippen LogP contribution >= 0.6 is 0 Å². The fourth-order valence-electron chi connectivity index (χ4n) is 3.86. The van der Waals surface area contributed by atoms with Gasteiger partial charge in [0.15, 0.2) is 5.65 Å². The molecular weight excluding hydrogens is 404 g/mol. The Morgan fingerprint density at radius 2 is 1.91 bits per heavy atom. The van der Waals surface area contributed by atoms with E-state index in [1.54, 1.807) is 17.1 Å². The Hall–Kier alpha value is -3.78. The van der Waals surface area contributed by atoms with Crippen LogP contribution in [0, 0.1) is 0 Å². The van der Waals surface area contributed by atoms with Crippen LogP contribution in [0.15, 0.2) is 60.9 Å². The number of hydrogen-bond acceptors (Lipinski definition) is 6. The zero-order chi connectivity index (χ0) is 21.9. The highest BCUT2D eigenvalue weighted by Crippen LogP contribution is 2.26. The first-order valence-electron chi connectivity index (χ1n) is 10.7. The lowest BCUT2D eigenvalue weighted by Crippen LogP contribution is -2.36. The molecule has 1 N–H and O–H groups in total. The summed E-state index contributed by atoms with van der Waals surface area (Å²) in [7, 11) is 0. The van der Waals surface area contributed by atoms with Gasteiger partial charge in [0.1, 0.15) is 5.82 Å². The van der Waals surface area contributed by atoms with Crippen LogP contribution in [0.5, 0.6) is 0 Å². The smallest absolute Gasteiger partial charge is 0.256 e. The molecule has 0 atom stereocenters. The van der Waals surface area contributed by atoms with Gasteiger partial charge in [-0.25, -0.2) is 14.6 Å². The number of pyridine rings is 2. The first-order chi connectivity index (χ1) is 15.7. The molecule has 1 aromatic carbocycles. The summed E-state index contributed by atoms with van der Waals surface area (Å²) in [5, 5.41) is 8.11. The van der Waals surface area contributed by atoms with Crippen molar-refractivity contribution >= 4 is 28.4 Å². The first kappa shape index (κ1) is 20.1. The van der Waals surface area contributed by atoms with Crippen molar-refractivity contribution in [3.05, 3.63) is 66.5 Å². The third kappa shape index (κ3) is 3.92. The minimum absolute atomic E-state index is 0.217. The third-order valence-electron chi connectivity index (χ3n) is 5.56.